The van der Waals surface area contributed by atoms with Crippen LogP contribution in [0.4, 0.5) is 5.69 Å². The Hall–Kier alpha value is -1.81. The number of carbonyl (C=O) groups excluding carboxylic acids is 1. The number of anilines is 1. The molecule has 0 radical (unpaired) electrons. The number of nitrogens with zero attached hydrogens (tertiary/aromatic N) is 3. The third-order valence-corrected chi connectivity index (χ3v) is 3.91. The van der Waals surface area contributed by atoms with Crippen LogP contribution in [-0.2, 0) is 24.3 Å². The first-order valence-corrected chi connectivity index (χ1v) is 7.50. The number of benzene rings is 1. The summed E-state index contributed by atoms with van der Waals surface area (Å²) in [5.41, 5.74) is 3.09. The van der Waals surface area contributed by atoms with E-state index in [-0.39, 0.29) is 5.91 Å². The van der Waals surface area contributed by atoms with Gasteiger partial charge in [-0.05, 0) is 30.0 Å². The van der Waals surface area contributed by atoms with Crippen LogP contribution in [0.2, 0.25) is 5.02 Å². The lowest BCUT2D eigenvalue weighted by Crippen LogP contribution is -2.32. The van der Waals surface area contributed by atoms with E-state index in [1.165, 1.54) is 0 Å². The van der Waals surface area contributed by atoms with Gasteiger partial charge in [-0.25, -0.2) is 4.98 Å². The number of amides is 1. The normalized spacial score (nSPS) is 10.7. The minimum Gasteiger partial charge on any atom is -0.319 e. The Morgan fingerprint density at radius 2 is 2.10 bits per heavy atom. The molecule has 4 nitrogen and oxygen atoms in total. The molecule has 0 aliphatic rings. The van der Waals surface area contributed by atoms with Crippen molar-refractivity contribution >= 4 is 23.2 Å². The zero-order valence-electron chi connectivity index (χ0n) is 12.6. The molecule has 21 heavy (non-hydrogen) atoms. The molecule has 0 saturated heterocycles. The number of halogens is 1. The predicted molar refractivity (Wildman–Crippen MR) is 85.6 cm³/mol. The van der Waals surface area contributed by atoms with Gasteiger partial charge in [-0.15, -0.1) is 0 Å². The third kappa shape index (κ3) is 3.27. The van der Waals surface area contributed by atoms with E-state index in [4.69, 9.17) is 11.6 Å². The summed E-state index contributed by atoms with van der Waals surface area (Å²) in [6.45, 7) is 6.16. The average Bonchev–Trinajstić information content (AvgIpc) is 2.97. The maximum atomic E-state index is 12.2. The molecule has 1 aromatic heterocycles. The van der Waals surface area contributed by atoms with Crippen LogP contribution in [0.15, 0.2) is 30.9 Å². The van der Waals surface area contributed by atoms with Crippen LogP contribution in [0.1, 0.15) is 31.9 Å². The SMILES string of the molecule is CCc1ccc(Cl)c(CC)c1N(Cn1ccnc1)C(C)=O. The summed E-state index contributed by atoms with van der Waals surface area (Å²) in [5, 5.41) is 0.710. The van der Waals surface area contributed by atoms with Gasteiger partial charge in [0.05, 0.1) is 12.0 Å². The van der Waals surface area contributed by atoms with Crippen LogP contribution >= 0.6 is 11.6 Å². The van der Waals surface area contributed by atoms with Gasteiger partial charge in [0.2, 0.25) is 5.91 Å². The van der Waals surface area contributed by atoms with Crippen LogP contribution in [0.3, 0.4) is 0 Å². The predicted octanol–water partition coefficient (Wildman–Crippen LogP) is 3.67. The molecule has 1 heterocycles. The quantitative estimate of drug-likeness (QED) is 0.845. The number of imidazole rings is 1. The highest BCUT2D eigenvalue weighted by atomic mass is 35.5. The number of carbonyl (C=O) groups is 1. The lowest BCUT2D eigenvalue weighted by molar-refractivity contribution is -0.116. The summed E-state index contributed by atoms with van der Waals surface area (Å²) < 4.78 is 1.88. The third-order valence-electron chi connectivity index (χ3n) is 3.56. The fourth-order valence-corrected chi connectivity index (χ4v) is 2.77. The van der Waals surface area contributed by atoms with Crippen LogP contribution in [-0.4, -0.2) is 15.5 Å². The number of aryl methyl sites for hydroxylation is 1. The number of rotatable bonds is 5. The maximum Gasteiger partial charge on any atom is 0.225 e. The second-order valence-corrected chi connectivity index (χ2v) is 5.31. The average molecular weight is 306 g/mol. The van der Waals surface area contributed by atoms with Crippen molar-refractivity contribution in [3.63, 3.8) is 0 Å². The minimum absolute atomic E-state index is 0.00429. The molecule has 0 N–H and O–H groups in total. The second kappa shape index (κ2) is 6.76. The highest BCUT2D eigenvalue weighted by molar-refractivity contribution is 6.32. The van der Waals surface area contributed by atoms with Gasteiger partial charge < -0.3 is 4.57 Å². The molecule has 0 bridgehead atoms. The lowest BCUT2D eigenvalue weighted by Gasteiger charge is -2.27. The summed E-state index contributed by atoms with van der Waals surface area (Å²) in [7, 11) is 0. The second-order valence-electron chi connectivity index (χ2n) is 4.91. The Balaban J connectivity index is 2.53. The Bertz CT molecular complexity index is 623. The largest absolute Gasteiger partial charge is 0.319 e. The molecule has 2 rings (SSSR count). The topological polar surface area (TPSA) is 38.1 Å². The summed E-state index contributed by atoms with van der Waals surface area (Å²) in [6, 6.07) is 3.92. The van der Waals surface area contributed by atoms with Crippen molar-refractivity contribution < 1.29 is 4.79 Å². The van der Waals surface area contributed by atoms with Crippen LogP contribution in [0.25, 0.3) is 0 Å². The van der Waals surface area contributed by atoms with Crippen molar-refractivity contribution in [3.8, 4) is 0 Å². The number of hydrogen-bond donors (Lipinski definition) is 0. The van der Waals surface area contributed by atoms with E-state index in [0.717, 1.165) is 29.7 Å². The molecule has 0 aliphatic carbocycles. The molecule has 0 fully saturated rings. The smallest absolute Gasteiger partial charge is 0.225 e. The van der Waals surface area contributed by atoms with E-state index in [1.54, 1.807) is 24.3 Å². The Morgan fingerprint density at radius 1 is 1.33 bits per heavy atom. The molecule has 0 saturated carbocycles. The molecule has 5 heteroatoms. The molecule has 1 aromatic carbocycles. The van der Waals surface area contributed by atoms with Gasteiger partial charge in [0.1, 0.15) is 6.67 Å². The van der Waals surface area contributed by atoms with Crippen molar-refractivity contribution in [3.05, 3.63) is 47.0 Å². The number of aromatic nitrogens is 2. The molecule has 0 atom stereocenters. The minimum atomic E-state index is -0.00429. The first-order chi connectivity index (χ1) is 10.1. The van der Waals surface area contributed by atoms with Crippen molar-refractivity contribution in [1.82, 2.24) is 9.55 Å². The molecule has 0 spiro atoms. The monoisotopic (exact) mass is 305 g/mol. The molecule has 112 valence electrons. The van der Waals surface area contributed by atoms with Gasteiger partial charge in [-0.3, -0.25) is 9.69 Å². The van der Waals surface area contributed by atoms with Crippen LogP contribution in [0.5, 0.6) is 0 Å². The van der Waals surface area contributed by atoms with E-state index in [2.05, 4.69) is 18.8 Å². The van der Waals surface area contributed by atoms with E-state index in [9.17, 15) is 4.79 Å². The Kier molecular flexibility index (Phi) is 5.02. The molecule has 2 aromatic rings. The summed E-state index contributed by atoms with van der Waals surface area (Å²) in [6.07, 6.45) is 6.90. The lowest BCUT2D eigenvalue weighted by atomic mass is 10.0. The van der Waals surface area contributed by atoms with Crippen molar-refractivity contribution in [2.45, 2.75) is 40.3 Å². The van der Waals surface area contributed by atoms with Crippen molar-refractivity contribution in [2.75, 3.05) is 4.90 Å². The zero-order valence-corrected chi connectivity index (χ0v) is 13.4. The number of hydrogen-bond acceptors (Lipinski definition) is 2. The zero-order chi connectivity index (χ0) is 15.4. The Morgan fingerprint density at radius 3 is 2.62 bits per heavy atom. The molecule has 0 unspecified atom stereocenters. The molecule has 1 amide bonds. The summed E-state index contributed by atoms with van der Waals surface area (Å²) in [5.74, 6) is -0.00429. The van der Waals surface area contributed by atoms with Crippen molar-refractivity contribution in [1.29, 1.82) is 0 Å². The van der Waals surface area contributed by atoms with E-state index >= 15 is 0 Å². The molecular formula is C16H20ClN3O. The van der Waals surface area contributed by atoms with E-state index in [0.29, 0.717) is 11.7 Å². The maximum absolute atomic E-state index is 12.2. The first kappa shape index (κ1) is 15.6. The summed E-state index contributed by atoms with van der Waals surface area (Å²) >= 11 is 6.33. The van der Waals surface area contributed by atoms with Gasteiger partial charge in [0.25, 0.3) is 0 Å². The van der Waals surface area contributed by atoms with Gasteiger partial charge in [0.15, 0.2) is 0 Å². The van der Waals surface area contributed by atoms with Gasteiger partial charge in [0, 0.05) is 24.3 Å². The van der Waals surface area contributed by atoms with E-state index < -0.39 is 0 Å². The van der Waals surface area contributed by atoms with E-state index in [1.807, 2.05) is 22.9 Å². The fraction of sp³-hybridized carbons (Fsp3) is 0.375. The highest BCUT2D eigenvalue weighted by Crippen LogP contribution is 2.33. The first-order valence-electron chi connectivity index (χ1n) is 7.12. The van der Waals surface area contributed by atoms with Crippen LogP contribution in [0, 0.1) is 0 Å². The fourth-order valence-electron chi connectivity index (χ4n) is 2.48. The van der Waals surface area contributed by atoms with Gasteiger partial charge in [-0.2, -0.15) is 0 Å². The standard InChI is InChI=1S/C16H20ClN3O/c1-4-13-6-7-15(17)14(5-2)16(13)20(12(3)21)11-19-9-8-18-10-19/h6-10H,4-5,11H2,1-3H3. The highest BCUT2D eigenvalue weighted by Gasteiger charge is 2.20. The molecule has 0 aliphatic heterocycles. The molecular weight excluding hydrogens is 286 g/mol. The summed E-state index contributed by atoms with van der Waals surface area (Å²) in [4.78, 5) is 18.0. The van der Waals surface area contributed by atoms with Crippen LogP contribution < -0.4 is 4.90 Å². The Labute approximate surface area is 130 Å². The van der Waals surface area contributed by atoms with Gasteiger partial charge in [-0.1, -0.05) is 31.5 Å². The van der Waals surface area contributed by atoms with Gasteiger partial charge >= 0.3 is 0 Å². The van der Waals surface area contributed by atoms with Crippen molar-refractivity contribution in [2.24, 2.45) is 0 Å².